The summed E-state index contributed by atoms with van der Waals surface area (Å²) in [6.45, 7) is 1.43. The number of hydrogen-bond donors (Lipinski definition) is 1. The topological polar surface area (TPSA) is 68.9 Å². The molecule has 0 aliphatic heterocycles. The molecule has 0 radical (unpaired) electrons. The van der Waals surface area contributed by atoms with Gasteiger partial charge < -0.3 is 5.32 Å². The van der Waals surface area contributed by atoms with Crippen molar-refractivity contribution in [2.24, 2.45) is 7.05 Å². The number of nitrogens with one attached hydrogen (secondary N) is 1. The quantitative estimate of drug-likeness (QED) is 0.420. The lowest BCUT2D eigenvalue weighted by Gasteiger charge is -2.16. The highest BCUT2D eigenvalue weighted by atomic mass is 19.4. The fourth-order valence-corrected chi connectivity index (χ4v) is 4.19. The van der Waals surface area contributed by atoms with Gasteiger partial charge in [-0.05, 0) is 25.3 Å². The number of carbonyl (C=O) groups excluding carboxylic acids is 1. The molecule has 1 atom stereocenters. The number of hydrogen-bond acceptors (Lipinski definition) is 3. The van der Waals surface area contributed by atoms with Crippen molar-refractivity contribution in [2.45, 2.75) is 38.5 Å². The monoisotopic (exact) mass is 482 g/mol. The minimum Gasteiger partial charge on any atom is -0.352 e. The highest BCUT2D eigenvalue weighted by Gasteiger charge is 2.37. The zero-order chi connectivity index (χ0) is 25.2. The zero-order valence-electron chi connectivity index (χ0n) is 19.3. The average molecular weight is 483 g/mol. The van der Waals surface area contributed by atoms with Gasteiger partial charge in [0.1, 0.15) is 17.9 Å². The second kappa shape index (κ2) is 9.77. The van der Waals surface area contributed by atoms with Crippen molar-refractivity contribution in [1.82, 2.24) is 19.7 Å². The van der Waals surface area contributed by atoms with Gasteiger partial charge in [0.2, 0.25) is 5.91 Å². The molecule has 2 aromatic carbocycles. The summed E-state index contributed by atoms with van der Waals surface area (Å²) in [5.41, 5.74) is -0.334. The van der Waals surface area contributed by atoms with E-state index in [0.29, 0.717) is 18.1 Å². The number of benzene rings is 2. The van der Waals surface area contributed by atoms with Gasteiger partial charge in [0.15, 0.2) is 0 Å². The number of aryl methyl sites for hydroxylation is 2. The molecule has 6 nitrogen and oxygen atoms in total. The van der Waals surface area contributed by atoms with Gasteiger partial charge in [-0.25, -0.2) is 0 Å². The third-order valence-electron chi connectivity index (χ3n) is 5.85. The first-order valence-corrected chi connectivity index (χ1v) is 11.2. The van der Waals surface area contributed by atoms with E-state index < -0.39 is 29.8 Å². The van der Waals surface area contributed by atoms with Gasteiger partial charge in [-0.2, -0.15) is 18.3 Å². The Hall–Kier alpha value is -3.88. The van der Waals surface area contributed by atoms with Crippen molar-refractivity contribution < 1.29 is 18.0 Å². The van der Waals surface area contributed by atoms with Crippen LogP contribution in [0.5, 0.6) is 0 Å². The van der Waals surface area contributed by atoms with Crippen molar-refractivity contribution in [2.75, 3.05) is 0 Å². The fourth-order valence-electron chi connectivity index (χ4n) is 4.19. The molecule has 0 saturated carbocycles. The normalized spacial score (nSPS) is 12.6. The highest BCUT2D eigenvalue weighted by molar-refractivity contribution is 5.95. The summed E-state index contributed by atoms with van der Waals surface area (Å²) >= 11 is 0. The fraction of sp³-hybridized carbons (Fsp3) is 0.269. The largest absolute Gasteiger partial charge is 0.417 e. The molecule has 9 heteroatoms. The Labute approximate surface area is 200 Å². The second-order valence-electron chi connectivity index (χ2n) is 8.51. The smallest absolute Gasteiger partial charge is 0.352 e. The van der Waals surface area contributed by atoms with Crippen LogP contribution in [0.2, 0.25) is 0 Å². The number of halogens is 3. The molecule has 2 heterocycles. The maximum Gasteiger partial charge on any atom is 0.417 e. The summed E-state index contributed by atoms with van der Waals surface area (Å²) < 4.78 is 44.1. The van der Waals surface area contributed by atoms with Gasteiger partial charge in [0.25, 0.3) is 5.56 Å². The first-order valence-electron chi connectivity index (χ1n) is 11.2. The number of rotatable bonds is 7. The summed E-state index contributed by atoms with van der Waals surface area (Å²) in [4.78, 5) is 25.5. The lowest BCUT2D eigenvalue weighted by atomic mass is 10.0. The highest BCUT2D eigenvalue weighted by Crippen LogP contribution is 2.38. The first kappa shape index (κ1) is 24.3. The number of nitrogens with zero attached hydrogens (tertiary/aromatic N) is 3. The summed E-state index contributed by atoms with van der Waals surface area (Å²) in [7, 11) is 1.46. The average Bonchev–Trinajstić information content (AvgIpc) is 3.17. The Morgan fingerprint density at radius 3 is 2.31 bits per heavy atom. The van der Waals surface area contributed by atoms with E-state index in [1.165, 1.54) is 11.7 Å². The van der Waals surface area contributed by atoms with E-state index in [4.69, 9.17) is 0 Å². The molecule has 0 spiro atoms. The molecule has 0 aliphatic carbocycles. The van der Waals surface area contributed by atoms with Crippen LogP contribution in [-0.4, -0.2) is 26.3 Å². The predicted octanol–water partition coefficient (Wildman–Crippen LogP) is 4.56. The molecular weight excluding hydrogens is 457 g/mol. The minimum atomic E-state index is -4.77. The van der Waals surface area contributed by atoms with Crippen LogP contribution < -0.4 is 10.9 Å². The molecule has 1 unspecified atom stereocenters. The molecule has 0 aliphatic rings. The molecule has 35 heavy (non-hydrogen) atoms. The number of carbonyl (C=O) groups is 1. The molecule has 0 bridgehead atoms. The molecule has 4 aromatic rings. The summed E-state index contributed by atoms with van der Waals surface area (Å²) in [5.74, 6) is -0.462. The molecule has 4 rings (SSSR count). The second-order valence-corrected chi connectivity index (χ2v) is 8.51. The summed E-state index contributed by atoms with van der Waals surface area (Å²) in [6.07, 6.45) is -3.33. The number of pyridine rings is 1. The van der Waals surface area contributed by atoms with Gasteiger partial charge in [-0.1, -0.05) is 60.7 Å². The Balaban J connectivity index is 1.66. The van der Waals surface area contributed by atoms with E-state index in [9.17, 15) is 22.8 Å². The molecular formula is C26H25F3N4O2. The van der Waals surface area contributed by atoms with E-state index >= 15 is 0 Å². The van der Waals surface area contributed by atoms with Crippen LogP contribution >= 0.6 is 0 Å². The number of amides is 1. The lowest BCUT2D eigenvalue weighted by Crippen LogP contribution is -2.38. The first-order chi connectivity index (χ1) is 16.6. The van der Waals surface area contributed by atoms with Crippen LogP contribution in [0.25, 0.3) is 22.3 Å². The van der Waals surface area contributed by atoms with Crippen LogP contribution in [0.3, 0.4) is 0 Å². The molecule has 0 fully saturated rings. The van der Waals surface area contributed by atoms with Crippen molar-refractivity contribution in [3.63, 3.8) is 0 Å². The van der Waals surface area contributed by atoms with Crippen molar-refractivity contribution in [1.29, 1.82) is 0 Å². The van der Waals surface area contributed by atoms with Gasteiger partial charge in [-0.15, -0.1) is 0 Å². The SMILES string of the molecule is CC(CCc1ccccc1)NC(=O)Cn1c(=O)cc(C(F)(F)F)c2c(-c3ccccc3)nn(C)c21. The Morgan fingerprint density at radius 1 is 1.06 bits per heavy atom. The molecule has 1 amide bonds. The van der Waals surface area contributed by atoms with Crippen molar-refractivity contribution in [3.8, 4) is 11.3 Å². The minimum absolute atomic E-state index is 0.0595. The third kappa shape index (κ3) is 5.29. The van der Waals surface area contributed by atoms with Crippen LogP contribution in [0.4, 0.5) is 13.2 Å². The Bertz CT molecular complexity index is 1390. The number of fused-ring (bicyclic) bond motifs is 1. The van der Waals surface area contributed by atoms with E-state index in [0.717, 1.165) is 16.6 Å². The van der Waals surface area contributed by atoms with Gasteiger partial charge in [-0.3, -0.25) is 18.8 Å². The van der Waals surface area contributed by atoms with Crippen molar-refractivity contribution >= 4 is 16.9 Å². The van der Waals surface area contributed by atoms with Gasteiger partial charge in [0.05, 0.1) is 10.9 Å². The lowest BCUT2D eigenvalue weighted by molar-refractivity contribution is -0.136. The Morgan fingerprint density at radius 2 is 1.69 bits per heavy atom. The van der Waals surface area contributed by atoms with E-state index in [1.54, 1.807) is 30.3 Å². The summed E-state index contributed by atoms with van der Waals surface area (Å²) in [6, 6.07) is 18.6. The van der Waals surface area contributed by atoms with Crippen molar-refractivity contribution in [3.05, 3.63) is 88.2 Å². The number of alkyl halides is 3. The maximum absolute atomic E-state index is 13.9. The third-order valence-corrected chi connectivity index (χ3v) is 5.85. The molecule has 1 N–H and O–H groups in total. The molecule has 2 aromatic heterocycles. The zero-order valence-corrected chi connectivity index (χ0v) is 19.3. The van der Waals surface area contributed by atoms with Gasteiger partial charge >= 0.3 is 6.18 Å². The van der Waals surface area contributed by atoms with E-state index in [1.807, 2.05) is 37.3 Å². The maximum atomic E-state index is 13.9. The Kier molecular flexibility index (Phi) is 6.77. The van der Waals surface area contributed by atoms with E-state index in [-0.39, 0.29) is 22.8 Å². The summed E-state index contributed by atoms with van der Waals surface area (Å²) in [5, 5.41) is 6.92. The van der Waals surface area contributed by atoms with Crippen LogP contribution in [0, 0.1) is 0 Å². The standard InChI is InChI=1S/C26H25F3N4O2/c1-17(13-14-18-9-5-3-6-10-18)30-21(34)16-33-22(35)15-20(26(27,28)29)23-24(31-32(2)25(23)33)19-11-7-4-8-12-19/h3-12,15,17H,13-14,16H2,1-2H3,(H,30,34). The predicted molar refractivity (Wildman–Crippen MR) is 128 cm³/mol. The van der Waals surface area contributed by atoms with Crippen LogP contribution in [-0.2, 0) is 31.0 Å². The molecule has 182 valence electrons. The van der Waals surface area contributed by atoms with Gasteiger partial charge in [0, 0.05) is 24.7 Å². The van der Waals surface area contributed by atoms with E-state index in [2.05, 4.69) is 10.4 Å². The van der Waals surface area contributed by atoms with Crippen LogP contribution in [0.1, 0.15) is 24.5 Å². The number of aromatic nitrogens is 3. The van der Waals surface area contributed by atoms with Crippen LogP contribution in [0.15, 0.2) is 71.5 Å². The molecule has 0 saturated heterocycles.